The topological polar surface area (TPSA) is 51.8 Å². The van der Waals surface area contributed by atoms with Crippen LogP contribution in [0.15, 0.2) is 126 Å². The Bertz CT molecular complexity index is 2970. The van der Waals surface area contributed by atoms with Gasteiger partial charge in [-0.05, 0) is 94.7 Å². The molecule has 0 aliphatic heterocycles. The van der Waals surface area contributed by atoms with Crippen LogP contribution in [0.3, 0.4) is 0 Å². The predicted octanol–water partition coefficient (Wildman–Crippen LogP) is 13.8. The molecule has 4 nitrogen and oxygen atoms in total. The number of aryl methyl sites for hydroxylation is 2. The molecule has 5 heteroatoms. The number of benzene rings is 4. The van der Waals surface area contributed by atoms with E-state index < -0.39 is 37.8 Å². The van der Waals surface area contributed by atoms with Crippen LogP contribution in [0.1, 0.15) is 94.9 Å². The van der Waals surface area contributed by atoms with Crippen LogP contribution in [-0.4, -0.2) is 15.0 Å². The Balaban J connectivity index is 0.000000357. The van der Waals surface area contributed by atoms with Gasteiger partial charge in [0.25, 0.3) is 0 Å². The first kappa shape index (κ1) is 29.1. The Morgan fingerprint density at radius 2 is 1.52 bits per heavy atom. The number of aromatic nitrogens is 3. The molecule has 56 heavy (non-hydrogen) atoms. The molecular weight excluding hydrogens is 863 g/mol. The van der Waals surface area contributed by atoms with E-state index in [2.05, 4.69) is 22.1 Å². The molecule has 0 amide bonds. The van der Waals surface area contributed by atoms with E-state index in [0.717, 1.165) is 49.8 Å². The zero-order valence-corrected chi connectivity index (χ0v) is 34.6. The molecule has 0 N–H and O–H groups in total. The third kappa shape index (κ3) is 8.60. The second-order valence-corrected chi connectivity index (χ2v) is 14.1. The summed E-state index contributed by atoms with van der Waals surface area (Å²) in [6, 6.07) is 39.6. The van der Waals surface area contributed by atoms with Gasteiger partial charge < -0.3 is 14.4 Å². The maximum Gasteiger partial charge on any atom is 0.216 e. The maximum atomic E-state index is 9.28. The van der Waals surface area contributed by atoms with Crippen LogP contribution in [0.5, 0.6) is 0 Å². The zero-order valence-electron chi connectivity index (χ0n) is 42.2. The first-order valence-corrected chi connectivity index (χ1v) is 18.3. The molecule has 0 bridgehead atoms. The van der Waals surface area contributed by atoms with Crippen LogP contribution in [0, 0.1) is 31.8 Å². The monoisotopic (exact) mass is 922 g/mol. The van der Waals surface area contributed by atoms with E-state index in [1.54, 1.807) is 38.1 Å². The normalized spacial score (nSPS) is 15.0. The third-order valence-corrected chi connectivity index (χ3v) is 9.24. The van der Waals surface area contributed by atoms with E-state index in [0.29, 0.717) is 28.2 Å². The minimum absolute atomic E-state index is 0. The first-order valence-electron chi connectivity index (χ1n) is 23.3. The van der Waals surface area contributed by atoms with Gasteiger partial charge in [-0.25, -0.2) is 4.98 Å². The predicted molar refractivity (Wildman–Crippen MR) is 229 cm³/mol. The van der Waals surface area contributed by atoms with Crippen molar-refractivity contribution in [3.05, 3.63) is 162 Å². The first-order chi connectivity index (χ1) is 30.4. The fourth-order valence-electron chi connectivity index (χ4n) is 6.74. The van der Waals surface area contributed by atoms with Crippen molar-refractivity contribution in [2.45, 2.75) is 73.4 Å². The van der Waals surface area contributed by atoms with Crippen molar-refractivity contribution in [2.75, 3.05) is 0 Å². The number of pyridine rings is 3. The Morgan fingerprint density at radius 1 is 0.732 bits per heavy atom. The van der Waals surface area contributed by atoms with E-state index in [-0.39, 0.29) is 36.8 Å². The summed E-state index contributed by atoms with van der Waals surface area (Å²) in [5, 5.41) is 1.47. The van der Waals surface area contributed by atoms with Crippen LogP contribution >= 0.6 is 0 Å². The Labute approximate surface area is 359 Å². The average molecular weight is 922 g/mol. The SMILES string of the molecule is [2H]C([2H])([2H])c1cc(-c2[c-]ccc3c2oc2nc(-c4c(C([2H])(C)C)ccc(-c5ccccc5)c4C([2H])(C)C)ccc23)ncc1C([2H])([2H])C(C)C.[2H]C([2H])([2H])c1ccc(-c2[c-]cccc2)nc1.[Ir]. The zero-order chi connectivity index (χ0) is 47.3. The molecule has 0 aliphatic rings. The maximum absolute atomic E-state index is 9.28. The van der Waals surface area contributed by atoms with E-state index >= 15 is 0 Å². The molecule has 4 aromatic carbocycles. The fraction of sp³-hybridized carbons (Fsp3) is 0.235. The molecule has 285 valence electrons. The van der Waals surface area contributed by atoms with E-state index in [1.807, 2.05) is 107 Å². The summed E-state index contributed by atoms with van der Waals surface area (Å²) >= 11 is 0. The summed E-state index contributed by atoms with van der Waals surface area (Å²) in [4.78, 5) is 13.7. The molecule has 0 saturated heterocycles. The largest absolute Gasteiger partial charge is 0.486 e. The minimum Gasteiger partial charge on any atom is -0.486 e. The second-order valence-electron chi connectivity index (χ2n) is 14.1. The summed E-state index contributed by atoms with van der Waals surface area (Å²) < 4.78 is 88.3. The molecule has 0 aliphatic carbocycles. The summed E-state index contributed by atoms with van der Waals surface area (Å²) in [5.41, 5.74) is 7.93. The van der Waals surface area contributed by atoms with Gasteiger partial charge >= 0.3 is 0 Å². The third-order valence-electron chi connectivity index (χ3n) is 9.24. The van der Waals surface area contributed by atoms with Gasteiger partial charge in [0.1, 0.15) is 0 Å². The number of hydrogen-bond donors (Lipinski definition) is 0. The van der Waals surface area contributed by atoms with Gasteiger partial charge in [0.15, 0.2) is 0 Å². The van der Waals surface area contributed by atoms with Gasteiger partial charge in [0.2, 0.25) is 5.71 Å². The average Bonchev–Trinajstić information content (AvgIpc) is 3.63. The molecular formula is C51H49IrN3O-2. The molecule has 0 saturated carbocycles. The number of nitrogens with zero attached hydrogens (tertiary/aromatic N) is 3. The van der Waals surface area contributed by atoms with Crippen molar-refractivity contribution in [2.24, 2.45) is 5.92 Å². The summed E-state index contributed by atoms with van der Waals surface area (Å²) in [6.07, 6.45) is 0.807. The number of fused-ring (bicyclic) bond motifs is 3. The fourth-order valence-corrected chi connectivity index (χ4v) is 6.74. The number of hydrogen-bond acceptors (Lipinski definition) is 4. The number of furan rings is 1. The molecule has 8 aromatic rings. The molecule has 8 rings (SSSR count). The standard InChI is InChI=1S/C39H39N2O.C12H10N.Ir/c1-23(2)20-28-22-40-35(21-26(28)7)33-15-11-14-31-32-18-19-34(41-39(32)42-38(31)33)37-29(24(3)4)16-17-30(36(37)25(5)6)27-12-9-8-10-13-27;1-10-7-8-12(13-9-10)11-5-3-2-4-6-11;/h8-14,16-19,21-25H,20H2,1-7H3;2-5,7-9H,1H3;/q2*-1;/i7D3,20D2,24D,25D;1D3;. The van der Waals surface area contributed by atoms with E-state index in [9.17, 15) is 1.37 Å². The van der Waals surface area contributed by atoms with Crippen LogP contribution in [0.2, 0.25) is 0 Å². The summed E-state index contributed by atoms with van der Waals surface area (Å²) in [6.45, 7) is 6.10. The van der Waals surface area contributed by atoms with Crippen molar-refractivity contribution in [1.82, 2.24) is 15.0 Å². The van der Waals surface area contributed by atoms with Crippen LogP contribution in [-0.2, 0) is 26.5 Å². The molecule has 1 radical (unpaired) electrons. The molecule has 4 aromatic heterocycles. The number of rotatable bonds is 8. The molecule has 0 atom stereocenters. The molecule has 0 spiro atoms. The van der Waals surface area contributed by atoms with E-state index in [4.69, 9.17) is 21.7 Å². The Morgan fingerprint density at radius 3 is 2.20 bits per heavy atom. The van der Waals surface area contributed by atoms with Gasteiger partial charge in [-0.3, -0.25) is 0 Å². The van der Waals surface area contributed by atoms with E-state index in [1.165, 1.54) is 18.5 Å². The molecule has 0 unspecified atom stereocenters. The summed E-state index contributed by atoms with van der Waals surface area (Å²) in [7, 11) is 0. The van der Waals surface area contributed by atoms with Crippen molar-refractivity contribution >= 4 is 22.1 Å². The molecule has 0 fully saturated rings. The van der Waals surface area contributed by atoms with Crippen molar-refractivity contribution < 1.29 is 38.2 Å². The van der Waals surface area contributed by atoms with Gasteiger partial charge in [0, 0.05) is 57.2 Å². The van der Waals surface area contributed by atoms with Gasteiger partial charge in [-0.15, -0.1) is 54.1 Å². The van der Waals surface area contributed by atoms with Crippen molar-refractivity contribution in [1.29, 1.82) is 0 Å². The Hall–Kier alpha value is -5.22. The van der Waals surface area contributed by atoms with Gasteiger partial charge in [0.05, 0.1) is 11.3 Å². The smallest absolute Gasteiger partial charge is 0.216 e. The van der Waals surface area contributed by atoms with Crippen LogP contribution in [0.4, 0.5) is 0 Å². The molecule has 4 heterocycles. The Kier molecular flexibility index (Phi) is 9.20. The van der Waals surface area contributed by atoms with Crippen LogP contribution in [0.25, 0.3) is 67.0 Å². The second kappa shape index (κ2) is 17.7. The summed E-state index contributed by atoms with van der Waals surface area (Å²) in [5.74, 6) is -2.51. The van der Waals surface area contributed by atoms with Gasteiger partial charge in [-0.1, -0.05) is 119 Å². The van der Waals surface area contributed by atoms with Crippen molar-refractivity contribution in [3.8, 4) is 44.9 Å². The van der Waals surface area contributed by atoms with Gasteiger partial charge in [-0.2, -0.15) is 0 Å². The van der Waals surface area contributed by atoms with Crippen LogP contribution < -0.4 is 0 Å². The minimum atomic E-state index is -2.57. The quantitative estimate of drug-likeness (QED) is 0.143. The van der Waals surface area contributed by atoms with Crippen molar-refractivity contribution in [3.63, 3.8) is 0 Å².